The molecule has 0 bridgehead atoms. The molecule has 31 heavy (non-hydrogen) atoms. The van der Waals surface area contributed by atoms with Gasteiger partial charge in [-0.3, -0.25) is 5.10 Å². The van der Waals surface area contributed by atoms with Gasteiger partial charge in [0, 0.05) is 11.3 Å². The molecule has 156 valence electrons. The van der Waals surface area contributed by atoms with E-state index in [2.05, 4.69) is 41.3 Å². The number of aromatic amines is 1. The summed E-state index contributed by atoms with van der Waals surface area (Å²) in [6.07, 6.45) is 2.20. The Morgan fingerprint density at radius 2 is 1.90 bits per heavy atom. The van der Waals surface area contributed by atoms with Crippen LogP contribution in [-0.4, -0.2) is 41.4 Å². The van der Waals surface area contributed by atoms with E-state index >= 15 is 0 Å². The number of nitrogens with zero attached hydrogens (tertiary/aromatic N) is 6. The number of aryl methyl sites for hydroxylation is 1. The number of aromatic nitrogens is 7. The molecule has 1 aliphatic carbocycles. The molecule has 2 aromatic carbocycles. The molecule has 0 radical (unpaired) electrons. The van der Waals surface area contributed by atoms with Crippen LogP contribution in [0.1, 0.15) is 42.1 Å². The molecule has 0 spiro atoms. The van der Waals surface area contributed by atoms with E-state index in [1.807, 2.05) is 66.2 Å². The average molecular weight is 415 g/mol. The van der Waals surface area contributed by atoms with Crippen molar-refractivity contribution in [2.45, 2.75) is 31.8 Å². The number of amides is 2. The molecule has 10 nitrogen and oxygen atoms in total. The largest absolute Gasteiger partial charge is 0.324 e. The van der Waals surface area contributed by atoms with E-state index in [1.165, 1.54) is 0 Å². The third-order valence-electron chi connectivity index (χ3n) is 5.07. The predicted molar refractivity (Wildman–Crippen MR) is 113 cm³/mol. The van der Waals surface area contributed by atoms with Gasteiger partial charge in [0.05, 0.1) is 6.04 Å². The standard InChI is InChI=1S/C21H21N9O/c1-13-22-19(26-25-13)18(14-5-3-2-4-6-14)24-21(31)23-16-9-7-15(8-10-16)20-27-28-29-30(20)17-11-12-17/h2-10,17-18H,11-12H2,1H3,(H,22,25,26)(H2,23,24,31). The molecule has 1 atom stereocenters. The van der Waals surface area contributed by atoms with Gasteiger partial charge < -0.3 is 10.6 Å². The highest BCUT2D eigenvalue weighted by atomic mass is 16.2. The zero-order valence-corrected chi connectivity index (χ0v) is 16.9. The van der Waals surface area contributed by atoms with Crippen molar-refractivity contribution in [2.75, 3.05) is 5.32 Å². The highest BCUT2D eigenvalue weighted by molar-refractivity contribution is 5.90. The Morgan fingerprint density at radius 1 is 1.13 bits per heavy atom. The maximum atomic E-state index is 12.7. The lowest BCUT2D eigenvalue weighted by atomic mass is 10.1. The van der Waals surface area contributed by atoms with Gasteiger partial charge >= 0.3 is 6.03 Å². The van der Waals surface area contributed by atoms with Gasteiger partial charge in [-0.05, 0) is 60.0 Å². The fourth-order valence-corrected chi connectivity index (χ4v) is 3.38. The molecule has 1 aliphatic rings. The van der Waals surface area contributed by atoms with Crippen LogP contribution in [0.2, 0.25) is 0 Å². The monoisotopic (exact) mass is 415 g/mol. The summed E-state index contributed by atoms with van der Waals surface area (Å²) in [5.74, 6) is 1.92. The number of benzene rings is 2. The van der Waals surface area contributed by atoms with Gasteiger partial charge in [-0.2, -0.15) is 5.10 Å². The number of hydrogen-bond acceptors (Lipinski definition) is 6. The first-order chi connectivity index (χ1) is 15.2. The molecular formula is C21H21N9O. The Balaban J connectivity index is 1.30. The quantitative estimate of drug-likeness (QED) is 0.444. The van der Waals surface area contributed by atoms with Gasteiger partial charge in [-0.25, -0.2) is 14.5 Å². The summed E-state index contributed by atoms with van der Waals surface area (Å²) < 4.78 is 1.86. The maximum Gasteiger partial charge on any atom is 0.320 e. The number of rotatable bonds is 6. The van der Waals surface area contributed by atoms with Crippen molar-refractivity contribution >= 4 is 11.7 Å². The summed E-state index contributed by atoms with van der Waals surface area (Å²) in [5.41, 5.74) is 2.45. The molecule has 5 rings (SSSR count). The van der Waals surface area contributed by atoms with Crippen LogP contribution in [0.25, 0.3) is 11.4 Å². The zero-order chi connectivity index (χ0) is 21.2. The molecule has 0 aliphatic heterocycles. The second-order valence-electron chi connectivity index (χ2n) is 7.48. The molecule has 0 saturated heterocycles. The van der Waals surface area contributed by atoms with Crippen molar-refractivity contribution in [3.05, 3.63) is 71.8 Å². The van der Waals surface area contributed by atoms with Crippen LogP contribution in [0, 0.1) is 6.92 Å². The summed E-state index contributed by atoms with van der Waals surface area (Å²) in [5, 5.41) is 24.9. The number of anilines is 1. The molecule has 2 amide bonds. The maximum absolute atomic E-state index is 12.7. The molecule has 2 aromatic heterocycles. The van der Waals surface area contributed by atoms with Gasteiger partial charge in [0.25, 0.3) is 0 Å². The van der Waals surface area contributed by atoms with Gasteiger partial charge in [-0.15, -0.1) is 5.10 Å². The Labute approximate surface area is 178 Å². The average Bonchev–Trinajstić information content (AvgIpc) is 3.35. The first-order valence-corrected chi connectivity index (χ1v) is 10.1. The second kappa shape index (κ2) is 7.98. The van der Waals surface area contributed by atoms with Crippen molar-refractivity contribution in [3.63, 3.8) is 0 Å². The van der Waals surface area contributed by atoms with Crippen LogP contribution < -0.4 is 10.6 Å². The van der Waals surface area contributed by atoms with Crippen molar-refractivity contribution in [3.8, 4) is 11.4 Å². The summed E-state index contributed by atoms with van der Waals surface area (Å²) in [4.78, 5) is 17.1. The molecule has 1 unspecified atom stereocenters. The van der Waals surface area contributed by atoms with Crippen molar-refractivity contribution in [1.82, 2.24) is 40.7 Å². The van der Waals surface area contributed by atoms with E-state index in [0.29, 0.717) is 23.4 Å². The minimum absolute atomic E-state index is 0.355. The van der Waals surface area contributed by atoms with E-state index in [1.54, 1.807) is 0 Å². The van der Waals surface area contributed by atoms with Gasteiger partial charge in [0.1, 0.15) is 11.9 Å². The van der Waals surface area contributed by atoms with E-state index < -0.39 is 6.04 Å². The third kappa shape index (κ3) is 4.13. The number of tetrazole rings is 1. The lowest BCUT2D eigenvalue weighted by Crippen LogP contribution is -2.33. The number of carbonyl (C=O) groups is 1. The number of hydrogen-bond donors (Lipinski definition) is 3. The predicted octanol–water partition coefficient (Wildman–Crippen LogP) is 3.01. The zero-order valence-electron chi connectivity index (χ0n) is 16.9. The Morgan fingerprint density at radius 3 is 2.58 bits per heavy atom. The van der Waals surface area contributed by atoms with Gasteiger partial charge in [0.2, 0.25) is 0 Å². The summed E-state index contributed by atoms with van der Waals surface area (Å²) in [6.45, 7) is 1.82. The van der Waals surface area contributed by atoms with E-state index in [-0.39, 0.29) is 6.03 Å². The number of H-pyrrole nitrogens is 1. The molecule has 10 heteroatoms. The highest BCUT2D eigenvalue weighted by Gasteiger charge is 2.28. The lowest BCUT2D eigenvalue weighted by Gasteiger charge is -2.17. The van der Waals surface area contributed by atoms with Crippen LogP contribution in [0.4, 0.5) is 10.5 Å². The summed E-state index contributed by atoms with van der Waals surface area (Å²) in [6, 6.07) is 16.6. The second-order valence-corrected chi connectivity index (χ2v) is 7.48. The number of carbonyl (C=O) groups excluding carboxylic acids is 1. The first kappa shape index (κ1) is 18.9. The number of urea groups is 1. The normalized spacial score (nSPS) is 14.2. The summed E-state index contributed by atoms with van der Waals surface area (Å²) >= 11 is 0. The topological polar surface area (TPSA) is 126 Å². The van der Waals surface area contributed by atoms with Crippen LogP contribution >= 0.6 is 0 Å². The van der Waals surface area contributed by atoms with E-state index in [0.717, 1.165) is 29.8 Å². The first-order valence-electron chi connectivity index (χ1n) is 10.1. The smallest absolute Gasteiger partial charge is 0.320 e. The van der Waals surface area contributed by atoms with Crippen molar-refractivity contribution in [1.29, 1.82) is 0 Å². The Kier molecular flexibility index (Phi) is 4.87. The molecule has 1 fully saturated rings. The van der Waals surface area contributed by atoms with Crippen LogP contribution in [0.3, 0.4) is 0 Å². The van der Waals surface area contributed by atoms with E-state index in [9.17, 15) is 4.79 Å². The number of nitrogens with one attached hydrogen (secondary N) is 3. The van der Waals surface area contributed by atoms with Gasteiger partial charge in [-0.1, -0.05) is 30.3 Å². The molecule has 3 N–H and O–H groups in total. The Bertz CT molecular complexity index is 1180. The molecule has 4 aromatic rings. The Hall–Kier alpha value is -4.08. The molecule has 1 saturated carbocycles. The third-order valence-corrected chi connectivity index (χ3v) is 5.07. The van der Waals surface area contributed by atoms with Gasteiger partial charge in [0.15, 0.2) is 11.6 Å². The van der Waals surface area contributed by atoms with E-state index in [4.69, 9.17) is 0 Å². The highest BCUT2D eigenvalue weighted by Crippen LogP contribution is 2.36. The summed E-state index contributed by atoms with van der Waals surface area (Å²) in [7, 11) is 0. The van der Waals surface area contributed by atoms with Crippen molar-refractivity contribution in [2.24, 2.45) is 0 Å². The minimum Gasteiger partial charge on any atom is -0.324 e. The molecular weight excluding hydrogens is 394 g/mol. The molecule has 2 heterocycles. The minimum atomic E-state index is -0.478. The SMILES string of the molecule is Cc1nc(C(NC(=O)Nc2ccc(-c3nnnn3C3CC3)cc2)c2ccccc2)n[nH]1. The van der Waals surface area contributed by atoms with Crippen LogP contribution in [0.5, 0.6) is 0 Å². The van der Waals surface area contributed by atoms with Crippen molar-refractivity contribution < 1.29 is 4.79 Å². The fraction of sp³-hybridized carbons (Fsp3) is 0.238. The van der Waals surface area contributed by atoms with Crippen LogP contribution in [-0.2, 0) is 0 Å². The fourth-order valence-electron chi connectivity index (χ4n) is 3.38. The lowest BCUT2D eigenvalue weighted by molar-refractivity contribution is 0.249. The van der Waals surface area contributed by atoms with Crippen LogP contribution in [0.15, 0.2) is 54.6 Å².